The second kappa shape index (κ2) is 26.4. The number of aliphatic hydroxyl groups is 3. The number of ether oxygens (including phenoxy) is 6. The van der Waals surface area contributed by atoms with Crippen molar-refractivity contribution < 1.29 is 77.6 Å². The molecule has 0 radical (unpaired) electrons. The summed E-state index contributed by atoms with van der Waals surface area (Å²) in [7, 11) is 0. The van der Waals surface area contributed by atoms with Crippen molar-refractivity contribution >= 4 is 35.7 Å². The van der Waals surface area contributed by atoms with Crippen molar-refractivity contribution in [3.8, 4) is 0 Å². The van der Waals surface area contributed by atoms with E-state index in [0.29, 0.717) is 52.0 Å². The number of amides is 5. The van der Waals surface area contributed by atoms with Gasteiger partial charge in [-0.25, -0.2) is 4.79 Å². The number of nitrogens with one attached hydrogen (secondary N) is 5. The van der Waals surface area contributed by atoms with Crippen LogP contribution in [0.1, 0.15) is 128 Å². The van der Waals surface area contributed by atoms with Crippen LogP contribution in [0.25, 0.3) is 0 Å². The summed E-state index contributed by atoms with van der Waals surface area (Å²) >= 11 is 0. The molecule has 1 aliphatic heterocycles. The lowest BCUT2D eigenvalue weighted by atomic mass is 9.95. The Kier molecular flexibility index (Phi) is 24.1. The van der Waals surface area contributed by atoms with Crippen LogP contribution < -0.4 is 26.6 Å². The van der Waals surface area contributed by atoms with Crippen molar-refractivity contribution in [2.75, 3.05) is 46.1 Å². The quantitative estimate of drug-likeness (QED) is 0.0476. The lowest BCUT2D eigenvalue weighted by Gasteiger charge is -2.42. The van der Waals surface area contributed by atoms with Gasteiger partial charge in [0.15, 0.2) is 6.23 Å². The fourth-order valence-corrected chi connectivity index (χ4v) is 6.19. The van der Waals surface area contributed by atoms with E-state index in [4.69, 9.17) is 33.5 Å². The highest BCUT2D eigenvalue weighted by Gasteiger charge is 2.45. The van der Waals surface area contributed by atoms with Crippen LogP contribution >= 0.6 is 0 Å². The molecular weight excluding hydrogens is 842 g/mol. The SMILES string of the molecule is CC(=O)NC1C(NC(=O)C[C@H](NC(=O)OC(C)(C)C)C(=O)NCCOC(C)(C)CCOC(C)(C)CCC(=O)NCCOC(C)(C)CCOC(C)(C)CCC(=O)O)OC(CO)C(O)C1O. The van der Waals surface area contributed by atoms with E-state index in [9.17, 15) is 44.1 Å². The number of carbonyl (C=O) groups excluding carboxylic acids is 5. The Morgan fingerprint density at radius 3 is 1.61 bits per heavy atom. The molecule has 1 rings (SSSR count). The van der Waals surface area contributed by atoms with Gasteiger partial charge in [0.1, 0.15) is 36.0 Å². The van der Waals surface area contributed by atoms with E-state index in [1.165, 1.54) is 0 Å². The van der Waals surface area contributed by atoms with Gasteiger partial charge in [-0.3, -0.25) is 24.0 Å². The third-order valence-electron chi connectivity index (χ3n) is 10.1. The molecule has 0 aromatic rings. The van der Waals surface area contributed by atoms with Crippen molar-refractivity contribution in [3.05, 3.63) is 0 Å². The third-order valence-corrected chi connectivity index (χ3v) is 10.1. The first-order valence-corrected chi connectivity index (χ1v) is 21.9. The van der Waals surface area contributed by atoms with Gasteiger partial charge in [-0.15, -0.1) is 0 Å². The fraction of sp³-hybridized carbons (Fsp3) is 0.860. The summed E-state index contributed by atoms with van der Waals surface area (Å²) in [4.78, 5) is 74.4. The molecule has 9 N–H and O–H groups in total. The molecular formula is C43H79N5O16. The molecule has 6 atom stereocenters. The molecule has 1 fully saturated rings. The Morgan fingerprint density at radius 1 is 0.641 bits per heavy atom. The maximum atomic E-state index is 13.3. The smallest absolute Gasteiger partial charge is 0.408 e. The average molecular weight is 922 g/mol. The van der Waals surface area contributed by atoms with Crippen LogP contribution in [0.2, 0.25) is 0 Å². The molecule has 64 heavy (non-hydrogen) atoms. The number of aliphatic carboxylic acids is 1. The summed E-state index contributed by atoms with van der Waals surface area (Å²) in [5.74, 6) is -3.17. The van der Waals surface area contributed by atoms with Crippen LogP contribution in [-0.2, 0) is 52.4 Å². The van der Waals surface area contributed by atoms with E-state index in [0.717, 1.165) is 6.92 Å². The summed E-state index contributed by atoms with van der Waals surface area (Å²) in [5.41, 5.74) is -3.28. The molecule has 1 aliphatic rings. The molecule has 0 aromatic carbocycles. The molecule has 0 aromatic heterocycles. The van der Waals surface area contributed by atoms with E-state index in [-0.39, 0.29) is 31.9 Å². The van der Waals surface area contributed by atoms with Crippen LogP contribution in [0.4, 0.5) is 4.79 Å². The molecule has 21 heteroatoms. The van der Waals surface area contributed by atoms with Crippen LogP contribution in [0.15, 0.2) is 0 Å². The van der Waals surface area contributed by atoms with Crippen LogP contribution in [-0.4, -0.2) is 167 Å². The number of carboxylic acid groups (broad SMARTS) is 1. The molecule has 0 aliphatic carbocycles. The molecule has 21 nitrogen and oxygen atoms in total. The Balaban J connectivity index is 2.59. The number of carboxylic acids is 1. The summed E-state index contributed by atoms with van der Waals surface area (Å²) in [5, 5.41) is 52.1. The van der Waals surface area contributed by atoms with Crippen molar-refractivity contribution in [3.63, 3.8) is 0 Å². The Bertz CT molecular complexity index is 1500. The standard InChI is InChI=1S/C43H79N5O16/c1-27(50)46-33-35(56)34(55)29(26-49)63-37(33)48-31(52)25-28(47-38(58)64-39(2,3)4)36(57)45-20-24-62-43(11,12)17-21-59-40(5,6)15-13-30(51)44-19-23-61-42(9,10)18-22-60-41(7,8)16-14-32(53)54/h28-29,33-35,37,49,55-56H,13-26H2,1-12H3,(H,44,51)(H,45,57)(H,46,50)(H,47,58)(H,48,52)(H,53,54)/t28-,29?,33?,34?,35?,37?/m0/s1. The van der Waals surface area contributed by atoms with Gasteiger partial charge < -0.3 is 75.4 Å². The topological polar surface area (TPSA) is 299 Å². The summed E-state index contributed by atoms with van der Waals surface area (Å²) in [6, 6.07) is -2.75. The normalized spacial score (nSPS) is 20.1. The molecule has 372 valence electrons. The maximum absolute atomic E-state index is 13.3. The Hall–Kier alpha value is -3.70. The number of rotatable bonds is 29. The zero-order valence-electron chi connectivity index (χ0n) is 40.1. The number of carbonyl (C=O) groups is 6. The van der Waals surface area contributed by atoms with E-state index >= 15 is 0 Å². The summed E-state index contributed by atoms with van der Waals surface area (Å²) in [6.45, 7) is 21.8. The highest BCUT2D eigenvalue weighted by atomic mass is 16.6. The first-order chi connectivity index (χ1) is 29.4. The van der Waals surface area contributed by atoms with Gasteiger partial charge in [0, 0.05) is 32.9 Å². The minimum Gasteiger partial charge on any atom is -0.481 e. The number of hydrogen-bond acceptors (Lipinski definition) is 15. The van der Waals surface area contributed by atoms with Gasteiger partial charge in [0.05, 0.1) is 61.9 Å². The number of alkyl carbamates (subject to hydrolysis) is 1. The first-order valence-electron chi connectivity index (χ1n) is 21.9. The van der Waals surface area contributed by atoms with Gasteiger partial charge in [-0.1, -0.05) is 0 Å². The van der Waals surface area contributed by atoms with Gasteiger partial charge >= 0.3 is 12.1 Å². The molecule has 1 saturated heterocycles. The summed E-state index contributed by atoms with van der Waals surface area (Å²) < 4.78 is 34.8. The largest absolute Gasteiger partial charge is 0.481 e. The Labute approximate surface area is 378 Å². The highest BCUT2D eigenvalue weighted by molar-refractivity contribution is 5.91. The van der Waals surface area contributed by atoms with E-state index in [1.807, 2.05) is 55.4 Å². The zero-order chi connectivity index (χ0) is 49.1. The first kappa shape index (κ1) is 58.3. The van der Waals surface area contributed by atoms with Crippen LogP contribution in [0.5, 0.6) is 0 Å². The molecule has 5 amide bonds. The minimum absolute atomic E-state index is 0.00191. The van der Waals surface area contributed by atoms with E-state index < -0.39 is 107 Å². The third kappa shape index (κ3) is 25.1. The molecule has 0 spiro atoms. The number of hydrogen-bond donors (Lipinski definition) is 9. The predicted octanol–water partition coefficient (Wildman–Crippen LogP) is 1.17. The van der Waals surface area contributed by atoms with Crippen molar-refractivity contribution in [2.24, 2.45) is 0 Å². The van der Waals surface area contributed by atoms with Crippen molar-refractivity contribution in [1.29, 1.82) is 0 Å². The second-order valence-electron chi connectivity index (χ2n) is 19.4. The lowest BCUT2D eigenvalue weighted by Crippen LogP contribution is -2.68. The van der Waals surface area contributed by atoms with Gasteiger partial charge in [0.2, 0.25) is 23.6 Å². The van der Waals surface area contributed by atoms with Crippen molar-refractivity contribution in [2.45, 2.75) is 193 Å². The van der Waals surface area contributed by atoms with E-state index in [2.05, 4.69) is 26.6 Å². The second-order valence-corrected chi connectivity index (χ2v) is 19.4. The lowest BCUT2D eigenvalue weighted by molar-refractivity contribution is -0.203. The van der Waals surface area contributed by atoms with Crippen LogP contribution in [0, 0.1) is 0 Å². The van der Waals surface area contributed by atoms with E-state index in [1.54, 1.807) is 20.8 Å². The highest BCUT2D eigenvalue weighted by Crippen LogP contribution is 2.23. The fourth-order valence-electron chi connectivity index (χ4n) is 6.19. The van der Waals surface area contributed by atoms with Gasteiger partial charge in [0.25, 0.3) is 0 Å². The monoisotopic (exact) mass is 922 g/mol. The summed E-state index contributed by atoms with van der Waals surface area (Å²) in [6.07, 6.45) is -5.27. The van der Waals surface area contributed by atoms with Crippen LogP contribution in [0.3, 0.4) is 0 Å². The molecule has 5 unspecified atom stereocenters. The molecule has 1 heterocycles. The van der Waals surface area contributed by atoms with Gasteiger partial charge in [-0.2, -0.15) is 0 Å². The maximum Gasteiger partial charge on any atom is 0.408 e. The minimum atomic E-state index is -1.62. The Morgan fingerprint density at radius 2 is 1.12 bits per heavy atom. The van der Waals surface area contributed by atoms with Gasteiger partial charge in [-0.05, 0) is 102 Å². The molecule has 0 saturated carbocycles. The number of aliphatic hydroxyl groups excluding tert-OH is 3. The average Bonchev–Trinajstić information content (AvgIpc) is 3.15. The van der Waals surface area contributed by atoms with Crippen molar-refractivity contribution in [1.82, 2.24) is 26.6 Å². The predicted molar refractivity (Wildman–Crippen MR) is 233 cm³/mol. The molecule has 0 bridgehead atoms. The zero-order valence-corrected chi connectivity index (χ0v) is 40.1.